The molecule has 1 aliphatic heterocycles. The summed E-state index contributed by atoms with van der Waals surface area (Å²) in [5, 5.41) is 7.77. The van der Waals surface area contributed by atoms with Crippen LogP contribution in [-0.2, 0) is 16.1 Å². The molecule has 0 spiro atoms. The summed E-state index contributed by atoms with van der Waals surface area (Å²) >= 11 is 1.51. The van der Waals surface area contributed by atoms with Crippen LogP contribution in [0.1, 0.15) is 27.7 Å². The van der Waals surface area contributed by atoms with Crippen molar-refractivity contribution in [3.8, 4) is 22.7 Å². The van der Waals surface area contributed by atoms with Gasteiger partial charge in [-0.15, -0.1) is 11.8 Å². The Labute approximate surface area is 248 Å². The van der Waals surface area contributed by atoms with Crippen LogP contribution in [0.25, 0.3) is 16.9 Å². The van der Waals surface area contributed by atoms with Gasteiger partial charge in [-0.1, -0.05) is 66.7 Å². The van der Waals surface area contributed by atoms with Crippen molar-refractivity contribution in [1.82, 2.24) is 15.1 Å². The third-order valence-corrected chi connectivity index (χ3v) is 8.48. The summed E-state index contributed by atoms with van der Waals surface area (Å²) in [5.74, 6) is 1.62. The highest BCUT2D eigenvalue weighted by molar-refractivity contribution is 8.00. The van der Waals surface area contributed by atoms with E-state index >= 15 is 0 Å². The van der Waals surface area contributed by atoms with Gasteiger partial charge in [0, 0.05) is 16.7 Å². The van der Waals surface area contributed by atoms with E-state index in [4.69, 9.17) is 14.3 Å². The van der Waals surface area contributed by atoms with Gasteiger partial charge in [-0.3, -0.25) is 14.5 Å². The maximum Gasteiger partial charge on any atom is 0.240 e. The Kier molecular flexibility index (Phi) is 7.83. The predicted octanol–water partition coefficient (Wildman–Crippen LogP) is 5.93. The molecule has 8 nitrogen and oxygen atoms in total. The molecular weight excluding hydrogens is 548 g/mol. The molecule has 1 N–H and O–H groups in total. The SMILES string of the molecule is COc1ccccc1[C@H]1SCC(=O)N(CC(=O)NCc2ccco2)c2c1c(-c1ccccc1)nn2-c1ccccc1C. The van der Waals surface area contributed by atoms with Crippen LogP contribution in [0.2, 0.25) is 0 Å². The zero-order valence-electron chi connectivity index (χ0n) is 23.3. The summed E-state index contributed by atoms with van der Waals surface area (Å²) in [6, 6.07) is 29.3. The van der Waals surface area contributed by atoms with Gasteiger partial charge in [0.1, 0.15) is 23.9 Å². The van der Waals surface area contributed by atoms with Gasteiger partial charge < -0.3 is 14.5 Å². The fraction of sp³-hybridized carbons (Fsp3) is 0.182. The maximum absolute atomic E-state index is 13.9. The monoisotopic (exact) mass is 578 g/mol. The van der Waals surface area contributed by atoms with E-state index in [-0.39, 0.29) is 35.9 Å². The highest BCUT2D eigenvalue weighted by Crippen LogP contribution is 2.50. The number of aromatic nitrogens is 2. The first-order chi connectivity index (χ1) is 20.5. The van der Waals surface area contributed by atoms with Crippen LogP contribution in [0.15, 0.2) is 102 Å². The van der Waals surface area contributed by atoms with Crippen molar-refractivity contribution in [2.45, 2.75) is 18.7 Å². The average molecular weight is 579 g/mol. The third kappa shape index (κ3) is 5.31. The number of hydrogen-bond donors (Lipinski definition) is 1. The summed E-state index contributed by atoms with van der Waals surface area (Å²) in [4.78, 5) is 28.8. The van der Waals surface area contributed by atoms with E-state index in [1.54, 1.807) is 30.4 Å². The second-order valence-electron chi connectivity index (χ2n) is 9.92. The molecule has 0 radical (unpaired) electrons. The number of fused-ring (bicyclic) bond motifs is 1. The first kappa shape index (κ1) is 27.4. The molecule has 0 saturated carbocycles. The van der Waals surface area contributed by atoms with Crippen LogP contribution in [0, 0.1) is 6.92 Å². The van der Waals surface area contributed by atoms with Gasteiger partial charge in [-0.2, -0.15) is 5.10 Å². The van der Waals surface area contributed by atoms with Gasteiger partial charge in [0.2, 0.25) is 11.8 Å². The zero-order valence-corrected chi connectivity index (χ0v) is 24.1. The van der Waals surface area contributed by atoms with Crippen molar-refractivity contribution in [3.05, 3.63) is 120 Å². The van der Waals surface area contributed by atoms with Crippen LogP contribution in [0.5, 0.6) is 5.75 Å². The largest absolute Gasteiger partial charge is 0.496 e. The maximum atomic E-state index is 13.9. The summed E-state index contributed by atoms with van der Waals surface area (Å²) < 4.78 is 13.0. The van der Waals surface area contributed by atoms with Crippen molar-refractivity contribution in [1.29, 1.82) is 0 Å². The molecule has 1 aliphatic rings. The quantitative estimate of drug-likeness (QED) is 0.245. The molecule has 9 heteroatoms. The number of furan rings is 1. The first-order valence-electron chi connectivity index (χ1n) is 13.6. The van der Waals surface area contributed by atoms with Crippen LogP contribution in [-0.4, -0.2) is 41.0 Å². The van der Waals surface area contributed by atoms with E-state index in [1.807, 2.05) is 90.5 Å². The molecule has 0 fully saturated rings. The number of thioether (sulfide) groups is 1. The van der Waals surface area contributed by atoms with Gasteiger partial charge in [0.05, 0.1) is 42.3 Å². The zero-order chi connectivity index (χ0) is 29.1. The van der Waals surface area contributed by atoms with Gasteiger partial charge in [0.15, 0.2) is 0 Å². The standard InChI is InChI=1S/C33H30N4O4S/c1-22-11-6-8-16-26(22)37-33-30(31(35-37)23-12-4-3-5-13-23)32(25-15-7-9-17-27(25)40-2)42-21-29(39)36(33)20-28(38)34-19-24-14-10-18-41-24/h3-18,32H,19-21H2,1-2H3,(H,34,38)/t32-/m1/s1. The van der Waals surface area contributed by atoms with Crippen molar-refractivity contribution < 1.29 is 18.7 Å². The Morgan fingerprint density at radius 3 is 2.55 bits per heavy atom. The van der Waals surface area contributed by atoms with E-state index < -0.39 is 0 Å². The van der Waals surface area contributed by atoms with Gasteiger partial charge in [-0.25, -0.2) is 4.68 Å². The molecular formula is C33H30N4O4S. The molecule has 6 rings (SSSR count). The Morgan fingerprint density at radius 1 is 1.02 bits per heavy atom. The van der Waals surface area contributed by atoms with E-state index in [0.29, 0.717) is 11.6 Å². The molecule has 0 saturated heterocycles. The fourth-order valence-corrected chi connectivity index (χ4v) is 6.45. The van der Waals surface area contributed by atoms with E-state index in [0.717, 1.165) is 39.4 Å². The normalized spacial score (nSPS) is 14.8. The molecule has 1 atom stereocenters. The smallest absolute Gasteiger partial charge is 0.240 e. The number of ether oxygens (including phenoxy) is 1. The summed E-state index contributed by atoms with van der Waals surface area (Å²) in [6.45, 7) is 2.07. The Hall–Kier alpha value is -4.76. The molecule has 0 bridgehead atoms. The van der Waals surface area contributed by atoms with Crippen LogP contribution >= 0.6 is 11.8 Å². The number of hydrogen-bond acceptors (Lipinski definition) is 6. The van der Waals surface area contributed by atoms with Gasteiger partial charge >= 0.3 is 0 Å². The number of methoxy groups -OCH3 is 1. The Morgan fingerprint density at radius 2 is 1.79 bits per heavy atom. The predicted molar refractivity (Wildman–Crippen MR) is 164 cm³/mol. The number of para-hydroxylation sites is 2. The fourth-order valence-electron chi connectivity index (χ4n) is 5.22. The number of carbonyl (C=O) groups excluding carboxylic acids is 2. The minimum atomic E-state index is -0.301. The minimum absolute atomic E-state index is 0.169. The number of anilines is 1. The minimum Gasteiger partial charge on any atom is -0.496 e. The summed E-state index contributed by atoms with van der Waals surface area (Å²) in [7, 11) is 1.65. The lowest BCUT2D eigenvalue weighted by molar-refractivity contribution is -0.123. The van der Waals surface area contributed by atoms with Crippen molar-refractivity contribution in [2.75, 3.05) is 24.3 Å². The van der Waals surface area contributed by atoms with E-state index in [1.165, 1.54) is 11.8 Å². The van der Waals surface area contributed by atoms with Crippen molar-refractivity contribution in [3.63, 3.8) is 0 Å². The van der Waals surface area contributed by atoms with E-state index in [9.17, 15) is 9.59 Å². The lowest BCUT2D eigenvalue weighted by Crippen LogP contribution is -2.42. The first-order valence-corrected chi connectivity index (χ1v) is 14.7. The topological polar surface area (TPSA) is 89.6 Å². The number of benzene rings is 3. The Bertz CT molecular complexity index is 1720. The second kappa shape index (κ2) is 12.0. The van der Waals surface area contributed by atoms with Crippen molar-refractivity contribution in [2.24, 2.45) is 0 Å². The number of nitrogens with one attached hydrogen (secondary N) is 1. The molecule has 0 aliphatic carbocycles. The van der Waals surface area contributed by atoms with Crippen molar-refractivity contribution >= 4 is 29.4 Å². The molecule has 212 valence electrons. The lowest BCUT2D eigenvalue weighted by Gasteiger charge is -2.24. The number of aryl methyl sites for hydroxylation is 1. The number of carbonyl (C=O) groups is 2. The molecule has 2 amide bonds. The molecule has 5 aromatic rings. The number of nitrogens with zero attached hydrogens (tertiary/aromatic N) is 3. The molecule has 0 unspecified atom stereocenters. The number of amides is 2. The lowest BCUT2D eigenvalue weighted by atomic mass is 9.99. The van der Waals surface area contributed by atoms with Gasteiger partial charge in [-0.05, 0) is 36.8 Å². The van der Waals surface area contributed by atoms with Gasteiger partial charge in [0.25, 0.3) is 0 Å². The second-order valence-corrected chi connectivity index (χ2v) is 11.0. The molecule has 2 aromatic heterocycles. The summed E-state index contributed by atoms with van der Waals surface area (Å²) in [6.07, 6.45) is 1.56. The highest BCUT2D eigenvalue weighted by Gasteiger charge is 2.38. The van der Waals surface area contributed by atoms with Crippen LogP contribution in [0.4, 0.5) is 5.82 Å². The summed E-state index contributed by atoms with van der Waals surface area (Å²) in [5.41, 5.74) is 5.26. The van der Waals surface area contributed by atoms with E-state index in [2.05, 4.69) is 5.32 Å². The Balaban J connectivity index is 1.56. The molecule has 3 heterocycles. The number of rotatable bonds is 8. The average Bonchev–Trinajstić information content (AvgIpc) is 3.66. The third-order valence-electron chi connectivity index (χ3n) is 7.24. The molecule has 3 aromatic carbocycles. The van der Waals surface area contributed by atoms with Crippen LogP contribution < -0.4 is 15.0 Å². The van der Waals surface area contributed by atoms with Crippen LogP contribution in [0.3, 0.4) is 0 Å². The molecule has 42 heavy (non-hydrogen) atoms. The highest BCUT2D eigenvalue weighted by atomic mass is 32.2.